The van der Waals surface area contributed by atoms with Gasteiger partial charge in [-0.15, -0.1) is 0 Å². The summed E-state index contributed by atoms with van der Waals surface area (Å²) in [6, 6.07) is 3.53. The summed E-state index contributed by atoms with van der Waals surface area (Å²) >= 11 is 20.4. The van der Waals surface area contributed by atoms with Crippen molar-refractivity contribution in [3.63, 3.8) is 0 Å². The summed E-state index contributed by atoms with van der Waals surface area (Å²) in [5.74, 6) is 0.481. The summed E-state index contributed by atoms with van der Waals surface area (Å²) in [6.45, 7) is 3.87. The molecular weight excluding hydrogens is 336 g/mol. The molecule has 0 atom stereocenters. The minimum atomic E-state index is -1.35. The average molecular weight is 345 g/mol. The van der Waals surface area contributed by atoms with Crippen molar-refractivity contribution in [3.05, 3.63) is 28.9 Å². The zero-order chi connectivity index (χ0) is 12.3. The Bertz CT molecular complexity index is 404. The molecule has 0 radical (unpaired) electrons. The highest BCUT2D eigenvalue weighted by atomic mass is 79.9. The smallest absolute Gasteiger partial charge is 0.214 e. The maximum atomic E-state index is 5.70. The SMILES string of the molecule is C=C(CC(Cl)(Cl)Cl)c1cc(Br)nc(OC)c1. The maximum absolute atomic E-state index is 5.70. The van der Waals surface area contributed by atoms with E-state index in [9.17, 15) is 0 Å². The lowest BCUT2D eigenvalue weighted by Crippen LogP contribution is -2.03. The Morgan fingerprint density at radius 3 is 2.62 bits per heavy atom. The third-order valence-corrected chi connectivity index (χ3v) is 2.61. The molecule has 1 rings (SSSR count). The van der Waals surface area contributed by atoms with Crippen LogP contribution in [0.1, 0.15) is 12.0 Å². The lowest BCUT2D eigenvalue weighted by Gasteiger charge is -2.13. The highest BCUT2D eigenvalue weighted by molar-refractivity contribution is 9.10. The fraction of sp³-hybridized carbons (Fsp3) is 0.300. The van der Waals surface area contributed by atoms with Gasteiger partial charge < -0.3 is 4.74 Å². The van der Waals surface area contributed by atoms with Crippen LogP contribution >= 0.6 is 50.7 Å². The van der Waals surface area contributed by atoms with Gasteiger partial charge >= 0.3 is 0 Å². The van der Waals surface area contributed by atoms with Gasteiger partial charge in [-0.05, 0) is 33.1 Å². The zero-order valence-corrected chi connectivity index (χ0v) is 12.3. The predicted molar refractivity (Wildman–Crippen MR) is 72.4 cm³/mol. The molecule has 0 saturated carbocycles. The Morgan fingerprint density at radius 1 is 1.50 bits per heavy atom. The highest BCUT2D eigenvalue weighted by Gasteiger charge is 2.21. The third-order valence-electron chi connectivity index (χ3n) is 1.80. The van der Waals surface area contributed by atoms with E-state index in [1.54, 1.807) is 12.1 Å². The van der Waals surface area contributed by atoms with Crippen LogP contribution in [0.4, 0.5) is 0 Å². The number of halogens is 4. The van der Waals surface area contributed by atoms with E-state index in [1.807, 2.05) is 0 Å². The fourth-order valence-electron chi connectivity index (χ4n) is 1.13. The number of methoxy groups -OCH3 is 1. The van der Waals surface area contributed by atoms with Crippen LogP contribution in [0.5, 0.6) is 5.88 Å². The molecule has 0 saturated heterocycles. The van der Waals surface area contributed by atoms with E-state index < -0.39 is 3.79 Å². The third kappa shape index (κ3) is 4.50. The number of ether oxygens (including phenoxy) is 1. The average Bonchev–Trinajstić information content (AvgIpc) is 2.14. The van der Waals surface area contributed by atoms with Gasteiger partial charge in [0.1, 0.15) is 4.60 Å². The Balaban J connectivity index is 2.95. The first-order chi connectivity index (χ1) is 7.31. The van der Waals surface area contributed by atoms with Gasteiger partial charge in [-0.1, -0.05) is 41.4 Å². The van der Waals surface area contributed by atoms with Crippen LogP contribution in [0.3, 0.4) is 0 Å². The molecular formula is C10H9BrCl3NO. The van der Waals surface area contributed by atoms with Crippen LogP contribution < -0.4 is 4.74 Å². The van der Waals surface area contributed by atoms with Crippen molar-refractivity contribution in [3.8, 4) is 5.88 Å². The van der Waals surface area contributed by atoms with Crippen molar-refractivity contribution in [1.29, 1.82) is 0 Å². The summed E-state index contributed by atoms with van der Waals surface area (Å²) in [4.78, 5) is 4.09. The van der Waals surface area contributed by atoms with Crippen LogP contribution in [0.25, 0.3) is 5.57 Å². The van der Waals surface area contributed by atoms with Crippen LogP contribution in [0, 0.1) is 0 Å². The molecule has 88 valence electrons. The van der Waals surface area contributed by atoms with E-state index in [0.717, 1.165) is 5.56 Å². The quantitative estimate of drug-likeness (QED) is 0.589. The Hall–Kier alpha value is 0.0400. The second-order valence-corrected chi connectivity index (χ2v) is 6.44. The second-order valence-electron chi connectivity index (χ2n) is 3.12. The van der Waals surface area contributed by atoms with E-state index in [4.69, 9.17) is 39.5 Å². The molecule has 0 amide bonds. The van der Waals surface area contributed by atoms with Crippen molar-refractivity contribution in [1.82, 2.24) is 4.98 Å². The van der Waals surface area contributed by atoms with Crippen molar-refractivity contribution >= 4 is 56.3 Å². The molecule has 0 spiro atoms. The van der Waals surface area contributed by atoms with Crippen molar-refractivity contribution < 1.29 is 4.74 Å². The van der Waals surface area contributed by atoms with E-state index in [0.29, 0.717) is 16.1 Å². The van der Waals surface area contributed by atoms with Gasteiger partial charge in [0.2, 0.25) is 5.88 Å². The topological polar surface area (TPSA) is 22.1 Å². The first-order valence-electron chi connectivity index (χ1n) is 4.28. The molecule has 16 heavy (non-hydrogen) atoms. The highest BCUT2D eigenvalue weighted by Crippen LogP contribution is 2.36. The van der Waals surface area contributed by atoms with Gasteiger partial charge in [-0.25, -0.2) is 4.98 Å². The predicted octanol–water partition coefficient (Wildman–Crippen LogP) is 4.63. The number of aromatic nitrogens is 1. The van der Waals surface area contributed by atoms with E-state index in [-0.39, 0.29) is 6.42 Å². The molecule has 0 aliphatic carbocycles. The number of hydrogen-bond acceptors (Lipinski definition) is 2. The van der Waals surface area contributed by atoms with E-state index in [2.05, 4.69) is 27.5 Å². The van der Waals surface area contributed by atoms with E-state index in [1.165, 1.54) is 7.11 Å². The van der Waals surface area contributed by atoms with Gasteiger partial charge in [0.05, 0.1) is 7.11 Å². The molecule has 1 heterocycles. The summed E-state index contributed by atoms with van der Waals surface area (Å²) in [7, 11) is 1.54. The fourth-order valence-corrected chi connectivity index (χ4v) is 2.03. The molecule has 2 nitrogen and oxygen atoms in total. The zero-order valence-electron chi connectivity index (χ0n) is 8.44. The van der Waals surface area contributed by atoms with Crippen LogP contribution in [-0.2, 0) is 0 Å². The monoisotopic (exact) mass is 343 g/mol. The van der Waals surface area contributed by atoms with Gasteiger partial charge in [0.15, 0.2) is 3.79 Å². The first kappa shape index (κ1) is 14.1. The Kier molecular flexibility index (Phi) is 4.92. The van der Waals surface area contributed by atoms with Crippen molar-refractivity contribution in [2.75, 3.05) is 7.11 Å². The number of alkyl halides is 3. The van der Waals surface area contributed by atoms with Crippen molar-refractivity contribution in [2.45, 2.75) is 10.2 Å². The lowest BCUT2D eigenvalue weighted by molar-refractivity contribution is 0.397. The molecule has 0 aliphatic rings. The Labute approximate surface area is 118 Å². The molecule has 6 heteroatoms. The van der Waals surface area contributed by atoms with E-state index >= 15 is 0 Å². The lowest BCUT2D eigenvalue weighted by atomic mass is 10.1. The van der Waals surface area contributed by atoms with Crippen LogP contribution in [0.2, 0.25) is 0 Å². The minimum absolute atomic E-state index is 0.247. The number of allylic oxidation sites excluding steroid dienone is 1. The summed E-state index contributed by atoms with van der Waals surface area (Å²) < 4.78 is 4.33. The number of nitrogens with zero attached hydrogens (tertiary/aromatic N) is 1. The van der Waals surface area contributed by atoms with Crippen LogP contribution in [0.15, 0.2) is 23.3 Å². The van der Waals surface area contributed by atoms with Gasteiger partial charge in [0, 0.05) is 12.5 Å². The molecule has 0 aliphatic heterocycles. The first-order valence-corrected chi connectivity index (χ1v) is 6.21. The molecule has 1 aromatic heterocycles. The minimum Gasteiger partial charge on any atom is -0.481 e. The molecule has 0 bridgehead atoms. The van der Waals surface area contributed by atoms with Gasteiger partial charge in [0.25, 0.3) is 0 Å². The largest absolute Gasteiger partial charge is 0.481 e. The normalized spacial score (nSPS) is 11.3. The van der Waals surface area contributed by atoms with Crippen molar-refractivity contribution in [2.24, 2.45) is 0 Å². The second kappa shape index (κ2) is 5.58. The maximum Gasteiger partial charge on any atom is 0.214 e. The molecule has 0 fully saturated rings. The summed E-state index contributed by atoms with van der Waals surface area (Å²) in [6.07, 6.45) is 0.247. The van der Waals surface area contributed by atoms with Gasteiger partial charge in [-0.3, -0.25) is 0 Å². The molecule has 0 N–H and O–H groups in total. The molecule has 0 unspecified atom stereocenters. The van der Waals surface area contributed by atoms with Gasteiger partial charge in [-0.2, -0.15) is 0 Å². The summed E-state index contributed by atoms with van der Waals surface area (Å²) in [5, 5.41) is 0. The summed E-state index contributed by atoms with van der Waals surface area (Å²) in [5.41, 5.74) is 1.53. The van der Waals surface area contributed by atoms with Crippen LogP contribution in [-0.4, -0.2) is 15.9 Å². The number of rotatable bonds is 3. The molecule has 0 aromatic carbocycles. The standard InChI is InChI=1S/C10H9BrCl3NO/c1-6(5-10(12,13)14)7-3-8(11)15-9(4-7)16-2/h3-4H,1,5H2,2H3. The molecule has 1 aromatic rings. The number of hydrogen-bond donors (Lipinski definition) is 0. The Morgan fingerprint density at radius 2 is 2.12 bits per heavy atom. The number of pyridine rings is 1.